The number of rotatable bonds is 6. The fourth-order valence-corrected chi connectivity index (χ4v) is 6.58. The molecule has 8 nitrogen and oxygen atoms in total. The lowest BCUT2D eigenvalue weighted by atomic mass is 9.92. The van der Waals surface area contributed by atoms with Crippen LogP contribution in [0.5, 0.6) is 0 Å². The second-order valence-electron chi connectivity index (χ2n) is 11.6. The highest BCUT2D eigenvalue weighted by molar-refractivity contribution is 5.84. The van der Waals surface area contributed by atoms with E-state index >= 15 is 0 Å². The lowest BCUT2D eigenvalue weighted by molar-refractivity contribution is -0.131. The molecule has 0 unspecified atom stereocenters. The minimum Gasteiger partial charge on any atom is -0.378 e. The standard InChI is InChI=1S/C35H37N7O/c1-39(2)28-15-13-27(14-16-28)33-35(42-18-17-36-23-31(42)38-33)37-24-32(43)40-19-21-41(22-20-40)34-29-9-5-3-7-25(29)11-12-26-8-4-6-10-30(26)34/h3-10,13-18,23,34,37H,11-12,19-22,24H2,1-2H3. The van der Waals surface area contributed by atoms with Crippen LogP contribution >= 0.6 is 0 Å². The zero-order valence-corrected chi connectivity index (χ0v) is 24.8. The molecule has 0 spiro atoms. The van der Waals surface area contributed by atoms with Crippen LogP contribution in [-0.4, -0.2) is 76.9 Å². The van der Waals surface area contributed by atoms with Gasteiger partial charge in [-0.3, -0.25) is 19.1 Å². The fourth-order valence-electron chi connectivity index (χ4n) is 6.58. The first kappa shape index (κ1) is 27.2. The van der Waals surface area contributed by atoms with E-state index in [2.05, 4.69) is 92.9 Å². The molecule has 0 radical (unpaired) electrons. The summed E-state index contributed by atoms with van der Waals surface area (Å²) in [6, 6.07) is 26.3. The molecule has 8 heteroatoms. The van der Waals surface area contributed by atoms with Crippen molar-refractivity contribution < 1.29 is 4.79 Å². The summed E-state index contributed by atoms with van der Waals surface area (Å²) in [7, 11) is 4.05. The van der Waals surface area contributed by atoms with Crippen LogP contribution in [0.4, 0.5) is 11.5 Å². The van der Waals surface area contributed by atoms with Crippen molar-refractivity contribution in [2.24, 2.45) is 0 Å². The van der Waals surface area contributed by atoms with Crippen LogP contribution in [0.3, 0.4) is 0 Å². The van der Waals surface area contributed by atoms with Crippen LogP contribution in [0, 0.1) is 0 Å². The number of nitrogens with one attached hydrogen (secondary N) is 1. The van der Waals surface area contributed by atoms with Gasteiger partial charge in [0.15, 0.2) is 5.65 Å². The Morgan fingerprint density at radius 3 is 2.19 bits per heavy atom. The molecule has 0 saturated carbocycles. The molecule has 0 bridgehead atoms. The number of hydrogen-bond acceptors (Lipinski definition) is 6. The Morgan fingerprint density at radius 1 is 0.884 bits per heavy atom. The predicted octanol–water partition coefficient (Wildman–Crippen LogP) is 4.91. The van der Waals surface area contributed by atoms with E-state index in [9.17, 15) is 4.79 Å². The summed E-state index contributed by atoms with van der Waals surface area (Å²) in [5.41, 5.74) is 9.33. The Labute approximate surface area is 252 Å². The summed E-state index contributed by atoms with van der Waals surface area (Å²) < 4.78 is 1.97. The quantitative estimate of drug-likeness (QED) is 0.313. The van der Waals surface area contributed by atoms with Gasteiger partial charge in [0.05, 0.1) is 18.8 Å². The van der Waals surface area contributed by atoms with E-state index in [4.69, 9.17) is 4.98 Å². The SMILES string of the molecule is CN(C)c1ccc(-c2nc3cnccn3c2NCC(=O)N2CCN(C3c4ccccc4CCc4ccccc43)CC2)cc1. The number of anilines is 2. The highest BCUT2D eigenvalue weighted by Crippen LogP contribution is 2.37. The highest BCUT2D eigenvalue weighted by Gasteiger charge is 2.32. The molecule has 1 saturated heterocycles. The maximum Gasteiger partial charge on any atom is 0.242 e. The lowest BCUT2D eigenvalue weighted by Gasteiger charge is -2.40. The number of aromatic nitrogens is 3. The Morgan fingerprint density at radius 2 is 1.53 bits per heavy atom. The van der Waals surface area contributed by atoms with E-state index < -0.39 is 0 Å². The number of carbonyl (C=O) groups is 1. The average molecular weight is 572 g/mol. The number of piperazine rings is 1. The number of carbonyl (C=O) groups excluding carboxylic acids is 1. The van der Waals surface area contributed by atoms with Gasteiger partial charge >= 0.3 is 0 Å². The molecule has 1 aliphatic carbocycles. The monoisotopic (exact) mass is 571 g/mol. The zero-order chi connectivity index (χ0) is 29.3. The molecule has 5 aromatic rings. The molecule has 1 fully saturated rings. The summed E-state index contributed by atoms with van der Waals surface area (Å²) in [4.78, 5) is 29.3. The van der Waals surface area contributed by atoms with Crippen LogP contribution < -0.4 is 10.2 Å². The molecule has 1 aliphatic heterocycles. The largest absolute Gasteiger partial charge is 0.378 e. The number of hydrogen-bond donors (Lipinski definition) is 1. The maximum absolute atomic E-state index is 13.5. The molecule has 2 aliphatic rings. The molecule has 0 atom stereocenters. The van der Waals surface area contributed by atoms with Gasteiger partial charge in [-0.05, 0) is 47.2 Å². The smallest absolute Gasteiger partial charge is 0.242 e. The first-order chi connectivity index (χ1) is 21.1. The summed E-state index contributed by atoms with van der Waals surface area (Å²) in [5.74, 6) is 0.896. The van der Waals surface area contributed by atoms with E-state index in [1.54, 1.807) is 12.4 Å². The van der Waals surface area contributed by atoms with Gasteiger partial charge in [-0.2, -0.15) is 0 Å². The molecule has 1 amide bonds. The van der Waals surface area contributed by atoms with E-state index in [1.165, 1.54) is 22.3 Å². The van der Waals surface area contributed by atoms with Crippen LogP contribution in [-0.2, 0) is 17.6 Å². The first-order valence-corrected chi connectivity index (χ1v) is 15.1. The molecule has 3 heterocycles. The second-order valence-corrected chi connectivity index (χ2v) is 11.6. The van der Waals surface area contributed by atoms with Gasteiger partial charge in [0.1, 0.15) is 11.5 Å². The van der Waals surface area contributed by atoms with E-state index in [0.29, 0.717) is 13.1 Å². The lowest BCUT2D eigenvalue weighted by Crippen LogP contribution is -2.51. The van der Waals surface area contributed by atoms with Gasteiger partial charge in [0.2, 0.25) is 5.91 Å². The molecule has 43 heavy (non-hydrogen) atoms. The molecule has 7 rings (SSSR count). The Kier molecular flexibility index (Phi) is 7.28. The topological polar surface area (TPSA) is 69.0 Å². The van der Waals surface area contributed by atoms with Crippen molar-refractivity contribution in [1.82, 2.24) is 24.2 Å². The third-order valence-electron chi connectivity index (χ3n) is 8.89. The Hall–Kier alpha value is -4.69. The Balaban J connectivity index is 1.07. The summed E-state index contributed by atoms with van der Waals surface area (Å²) in [6.07, 6.45) is 7.50. The summed E-state index contributed by atoms with van der Waals surface area (Å²) >= 11 is 0. The average Bonchev–Trinajstić information content (AvgIpc) is 3.33. The van der Waals surface area contributed by atoms with Crippen molar-refractivity contribution in [2.75, 3.05) is 57.0 Å². The molecule has 3 aromatic carbocycles. The Bertz CT molecular complexity index is 1700. The van der Waals surface area contributed by atoms with Crippen LogP contribution in [0.15, 0.2) is 91.4 Å². The van der Waals surface area contributed by atoms with Gasteiger partial charge in [-0.1, -0.05) is 60.7 Å². The second kappa shape index (κ2) is 11.5. The molecule has 2 aromatic heterocycles. The normalized spacial score (nSPS) is 15.5. The van der Waals surface area contributed by atoms with Crippen molar-refractivity contribution in [3.8, 4) is 11.3 Å². The molecular formula is C35H37N7O. The molecule has 1 N–H and O–H groups in total. The van der Waals surface area contributed by atoms with Gasteiger partial charge < -0.3 is 15.1 Å². The number of amides is 1. The summed E-state index contributed by atoms with van der Waals surface area (Å²) in [5, 5.41) is 3.44. The first-order valence-electron chi connectivity index (χ1n) is 15.1. The van der Waals surface area contributed by atoms with E-state index in [-0.39, 0.29) is 18.5 Å². The van der Waals surface area contributed by atoms with Gasteiger partial charge in [0, 0.05) is 63.9 Å². The van der Waals surface area contributed by atoms with Gasteiger partial charge in [-0.15, -0.1) is 0 Å². The van der Waals surface area contributed by atoms with Crippen molar-refractivity contribution in [1.29, 1.82) is 0 Å². The van der Waals surface area contributed by atoms with Crippen molar-refractivity contribution >= 4 is 23.1 Å². The van der Waals surface area contributed by atoms with Crippen molar-refractivity contribution in [2.45, 2.75) is 18.9 Å². The summed E-state index contributed by atoms with van der Waals surface area (Å²) in [6.45, 7) is 3.29. The van der Waals surface area contributed by atoms with Crippen molar-refractivity contribution in [3.05, 3.63) is 114 Å². The number of benzene rings is 3. The third kappa shape index (κ3) is 5.23. The minimum absolute atomic E-state index is 0.0965. The van der Waals surface area contributed by atoms with Crippen LogP contribution in [0.1, 0.15) is 28.3 Å². The van der Waals surface area contributed by atoms with Crippen LogP contribution in [0.25, 0.3) is 16.9 Å². The van der Waals surface area contributed by atoms with Gasteiger partial charge in [-0.25, -0.2) is 4.98 Å². The predicted molar refractivity (Wildman–Crippen MR) is 172 cm³/mol. The minimum atomic E-state index is 0.0965. The number of imidazole rings is 1. The number of fused-ring (bicyclic) bond motifs is 3. The van der Waals surface area contributed by atoms with E-state index in [1.807, 2.05) is 29.6 Å². The van der Waals surface area contributed by atoms with E-state index in [0.717, 1.165) is 54.3 Å². The van der Waals surface area contributed by atoms with Crippen LogP contribution in [0.2, 0.25) is 0 Å². The molecule has 218 valence electrons. The maximum atomic E-state index is 13.5. The third-order valence-corrected chi connectivity index (χ3v) is 8.89. The number of aryl methyl sites for hydroxylation is 2. The van der Waals surface area contributed by atoms with Crippen molar-refractivity contribution in [3.63, 3.8) is 0 Å². The van der Waals surface area contributed by atoms with Gasteiger partial charge in [0.25, 0.3) is 0 Å². The highest BCUT2D eigenvalue weighted by atomic mass is 16.2. The number of nitrogens with zero attached hydrogens (tertiary/aromatic N) is 6. The fraction of sp³-hybridized carbons (Fsp3) is 0.286. The molecular weight excluding hydrogens is 534 g/mol. The zero-order valence-electron chi connectivity index (χ0n) is 24.8.